The van der Waals surface area contributed by atoms with Crippen molar-refractivity contribution >= 4 is 17.6 Å². The molecule has 2 nitrogen and oxygen atoms in total. The summed E-state index contributed by atoms with van der Waals surface area (Å²) in [6.45, 7) is 2.03. The molecule has 1 aliphatic rings. The monoisotopic (exact) mass is 224 g/mol. The molecule has 1 heterocycles. The number of hydrogen-bond donors (Lipinski definition) is 0. The van der Waals surface area contributed by atoms with Crippen LogP contribution >= 0.6 is 11.6 Å². The van der Waals surface area contributed by atoms with E-state index >= 15 is 0 Å². The van der Waals surface area contributed by atoms with E-state index in [4.69, 9.17) is 16.3 Å². The SMILES string of the molecule is CCC1CC(c2ccc(Cl)cc2)C(=O)O1. The fraction of sp³-hybridized carbons (Fsp3) is 0.417. The molecule has 0 aliphatic carbocycles. The number of cyclic esters (lactones) is 1. The van der Waals surface area contributed by atoms with Crippen molar-refractivity contribution in [3.05, 3.63) is 34.9 Å². The quantitative estimate of drug-likeness (QED) is 0.722. The minimum absolute atomic E-state index is 0.0816. The van der Waals surface area contributed by atoms with Crippen LogP contribution in [-0.2, 0) is 9.53 Å². The fourth-order valence-electron chi connectivity index (χ4n) is 1.87. The van der Waals surface area contributed by atoms with E-state index in [9.17, 15) is 4.79 Å². The second kappa shape index (κ2) is 4.23. The minimum Gasteiger partial charge on any atom is -0.462 e. The zero-order valence-electron chi connectivity index (χ0n) is 8.57. The minimum atomic E-state index is -0.107. The highest BCUT2D eigenvalue weighted by atomic mass is 35.5. The lowest BCUT2D eigenvalue weighted by molar-refractivity contribution is -0.142. The first-order valence-electron chi connectivity index (χ1n) is 5.16. The van der Waals surface area contributed by atoms with E-state index in [1.54, 1.807) is 0 Å². The van der Waals surface area contributed by atoms with Gasteiger partial charge in [0.2, 0.25) is 0 Å². The summed E-state index contributed by atoms with van der Waals surface area (Å²) < 4.78 is 5.24. The molecule has 2 atom stereocenters. The maximum absolute atomic E-state index is 11.6. The first-order chi connectivity index (χ1) is 7.20. The molecule has 0 amide bonds. The second-order valence-electron chi connectivity index (χ2n) is 3.81. The van der Waals surface area contributed by atoms with Crippen molar-refractivity contribution in [3.63, 3.8) is 0 Å². The van der Waals surface area contributed by atoms with Gasteiger partial charge in [0.25, 0.3) is 0 Å². The molecule has 0 aromatic heterocycles. The number of benzene rings is 1. The molecule has 15 heavy (non-hydrogen) atoms. The third kappa shape index (κ3) is 2.15. The maximum atomic E-state index is 11.6. The summed E-state index contributed by atoms with van der Waals surface area (Å²) in [5, 5.41) is 0.692. The molecule has 1 aliphatic heterocycles. The predicted molar refractivity (Wildman–Crippen MR) is 59.0 cm³/mol. The predicted octanol–water partition coefficient (Wildman–Crippen LogP) is 3.15. The highest BCUT2D eigenvalue weighted by molar-refractivity contribution is 6.30. The van der Waals surface area contributed by atoms with E-state index < -0.39 is 0 Å². The Bertz CT molecular complexity index is 358. The number of hydrogen-bond acceptors (Lipinski definition) is 2. The lowest BCUT2D eigenvalue weighted by Gasteiger charge is -2.05. The van der Waals surface area contributed by atoms with Gasteiger partial charge in [0.1, 0.15) is 6.10 Å². The smallest absolute Gasteiger partial charge is 0.313 e. The summed E-state index contributed by atoms with van der Waals surface area (Å²) in [6, 6.07) is 7.41. The Balaban J connectivity index is 2.18. The maximum Gasteiger partial charge on any atom is 0.313 e. The van der Waals surface area contributed by atoms with Gasteiger partial charge in [0.05, 0.1) is 5.92 Å². The zero-order chi connectivity index (χ0) is 10.8. The number of ether oxygens (including phenoxy) is 1. The Hall–Kier alpha value is -1.02. The van der Waals surface area contributed by atoms with Gasteiger partial charge in [-0.1, -0.05) is 30.7 Å². The highest BCUT2D eigenvalue weighted by Crippen LogP contribution is 2.32. The average Bonchev–Trinajstić information content (AvgIpc) is 2.61. The Morgan fingerprint density at radius 2 is 2.07 bits per heavy atom. The molecule has 0 N–H and O–H groups in total. The van der Waals surface area contributed by atoms with Crippen LogP contribution in [0.4, 0.5) is 0 Å². The molecule has 1 aromatic carbocycles. The van der Waals surface area contributed by atoms with Gasteiger partial charge in [0, 0.05) is 11.4 Å². The van der Waals surface area contributed by atoms with Crippen LogP contribution in [0.1, 0.15) is 31.2 Å². The first-order valence-corrected chi connectivity index (χ1v) is 5.54. The van der Waals surface area contributed by atoms with Gasteiger partial charge in [-0.05, 0) is 24.1 Å². The van der Waals surface area contributed by atoms with Gasteiger partial charge in [-0.25, -0.2) is 0 Å². The van der Waals surface area contributed by atoms with Crippen molar-refractivity contribution in [2.24, 2.45) is 0 Å². The molecule has 0 bridgehead atoms. The number of carbonyl (C=O) groups excluding carboxylic acids is 1. The summed E-state index contributed by atoms with van der Waals surface area (Å²) >= 11 is 5.79. The summed E-state index contributed by atoms with van der Waals surface area (Å²) in [5.74, 6) is -0.212. The van der Waals surface area contributed by atoms with Gasteiger partial charge >= 0.3 is 5.97 Å². The number of esters is 1. The van der Waals surface area contributed by atoms with E-state index in [2.05, 4.69) is 0 Å². The van der Waals surface area contributed by atoms with Crippen molar-refractivity contribution in [2.45, 2.75) is 31.8 Å². The molecule has 80 valence electrons. The molecule has 0 saturated carbocycles. The molecule has 0 spiro atoms. The molecule has 0 radical (unpaired) electrons. The molecule has 1 saturated heterocycles. The third-order valence-corrected chi connectivity index (χ3v) is 3.05. The third-order valence-electron chi connectivity index (χ3n) is 2.79. The lowest BCUT2D eigenvalue weighted by Crippen LogP contribution is -2.05. The van der Waals surface area contributed by atoms with Crippen LogP contribution in [0.5, 0.6) is 0 Å². The van der Waals surface area contributed by atoms with Gasteiger partial charge in [-0.3, -0.25) is 4.79 Å². The van der Waals surface area contributed by atoms with Gasteiger partial charge < -0.3 is 4.74 Å². The van der Waals surface area contributed by atoms with Gasteiger partial charge in [-0.15, -0.1) is 0 Å². The molecule has 2 rings (SSSR count). The molecule has 3 heteroatoms. The van der Waals surface area contributed by atoms with Crippen LogP contribution < -0.4 is 0 Å². The van der Waals surface area contributed by atoms with Crippen LogP contribution in [0, 0.1) is 0 Å². The zero-order valence-corrected chi connectivity index (χ0v) is 9.33. The normalized spacial score (nSPS) is 25.3. The van der Waals surface area contributed by atoms with Crippen molar-refractivity contribution in [1.29, 1.82) is 0 Å². The Labute approximate surface area is 94.2 Å². The summed E-state index contributed by atoms with van der Waals surface area (Å²) in [4.78, 5) is 11.6. The number of carbonyl (C=O) groups is 1. The number of halogens is 1. The first kappa shape index (κ1) is 10.5. The van der Waals surface area contributed by atoms with E-state index in [1.165, 1.54) is 0 Å². The second-order valence-corrected chi connectivity index (χ2v) is 4.24. The van der Waals surface area contributed by atoms with Crippen LogP contribution in [0.2, 0.25) is 5.02 Å². The van der Waals surface area contributed by atoms with Gasteiger partial charge in [0.15, 0.2) is 0 Å². The molecule has 2 unspecified atom stereocenters. The van der Waals surface area contributed by atoms with Crippen molar-refractivity contribution < 1.29 is 9.53 Å². The standard InChI is InChI=1S/C12H13ClO2/c1-2-10-7-11(12(14)15-10)8-3-5-9(13)6-4-8/h3-6,10-11H,2,7H2,1H3. The summed E-state index contributed by atoms with van der Waals surface area (Å²) in [6.07, 6.45) is 1.76. The van der Waals surface area contributed by atoms with E-state index in [-0.39, 0.29) is 18.0 Å². The van der Waals surface area contributed by atoms with Crippen molar-refractivity contribution in [2.75, 3.05) is 0 Å². The Morgan fingerprint density at radius 3 is 2.60 bits per heavy atom. The lowest BCUT2D eigenvalue weighted by atomic mass is 9.95. The van der Waals surface area contributed by atoms with Crippen LogP contribution in [0.15, 0.2) is 24.3 Å². The van der Waals surface area contributed by atoms with Gasteiger partial charge in [-0.2, -0.15) is 0 Å². The fourth-order valence-corrected chi connectivity index (χ4v) is 2.00. The van der Waals surface area contributed by atoms with Crippen molar-refractivity contribution in [3.8, 4) is 0 Å². The van der Waals surface area contributed by atoms with Crippen molar-refractivity contribution in [1.82, 2.24) is 0 Å². The summed E-state index contributed by atoms with van der Waals surface area (Å²) in [5.41, 5.74) is 1.00. The highest BCUT2D eigenvalue weighted by Gasteiger charge is 2.34. The molecular weight excluding hydrogens is 212 g/mol. The topological polar surface area (TPSA) is 26.3 Å². The Kier molecular flexibility index (Phi) is 2.96. The van der Waals surface area contributed by atoms with E-state index in [1.807, 2.05) is 31.2 Å². The van der Waals surface area contributed by atoms with E-state index in [0.29, 0.717) is 5.02 Å². The van der Waals surface area contributed by atoms with Crippen LogP contribution in [0.3, 0.4) is 0 Å². The number of rotatable bonds is 2. The van der Waals surface area contributed by atoms with E-state index in [0.717, 1.165) is 18.4 Å². The molecular formula is C12H13ClO2. The average molecular weight is 225 g/mol. The van der Waals surface area contributed by atoms with Crippen LogP contribution in [-0.4, -0.2) is 12.1 Å². The van der Waals surface area contributed by atoms with Crippen LogP contribution in [0.25, 0.3) is 0 Å². The molecule has 1 fully saturated rings. The largest absolute Gasteiger partial charge is 0.462 e. The molecule has 1 aromatic rings. The summed E-state index contributed by atoms with van der Waals surface area (Å²) in [7, 11) is 0. The Morgan fingerprint density at radius 1 is 1.40 bits per heavy atom.